The molecule has 15 heavy (non-hydrogen) atoms. The van der Waals surface area contributed by atoms with E-state index in [1.165, 1.54) is 0 Å². The Bertz CT molecular complexity index is 198. The Morgan fingerprint density at radius 2 is 1.80 bits per heavy atom. The van der Waals surface area contributed by atoms with Gasteiger partial charge in [0.1, 0.15) is 0 Å². The van der Waals surface area contributed by atoms with Crippen molar-refractivity contribution in [2.24, 2.45) is 5.92 Å². The van der Waals surface area contributed by atoms with Crippen molar-refractivity contribution in [3.63, 3.8) is 0 Å². The summed E-state index contributed by atoms with van der Waals surface area (Å²) in [5.74, 6) is -0.315. The molecule has 0 aromatic heterocycles. The van der Waals surface area contributed by atoms with E-state index in [2.05, 4.69) is 19.6 Å². The molecule has 0 N–H and O–H groups in total. The van der Waals surface area contributed by atoms with Gasteiger partial charge in [0.15, 0.2) is 8.32 Å². The lowest BCUT2D eigenvalue weighted by Crippen LogP contribution is -2.38. The van der Waals surface area contributed by atoms with E-state index in [9.17, 15) is 4.79 Å². The minimum absolute atomic E-state index is 0.00397. The molecule has 0 aliphatic heterocycles. The molecule has 0 saturated carbocycles. The van der Waals surface area contributed by atoms with Gasteiger partial charge in [-0.2, -0.15) is 0 Å². The molecular formula is C11H24O3Si. The largest absolute Gasteiger partial charge is 0.466 e. The van der Waals surface area contributed by atoms with E-state index in [-0.39, 0.29) is 18.0 Å². The monoisotopic (exact) mass is 232 g/mol. The third-order valence-corrected chi connectivity index (χ3v) is 3.13. The Morgan fingerprint density at radius 1 is 1.27 bits per heavy atom. The first kappa shape index (κ1) is 14.6. The summed E-state index contributed by atoms with van der Waals surface area (Å²) in [6.07, 6.45) is 0.847. The van der Waals surface area contributed by atoms with Crippen LogP contribution in [0.3, 0.4) is 0 Å². The van der Waals surface area contributed by atoms with Crippen LogP contribution in [0, 0.1) is 5.92 Å². The molecule has 0 bridgehead atoms. The molecule has 0 amide bonds. The summed E-state index contributed by atoms with van der Waals surface area (Å²) in [4.78, 5) is 11.5. The zero-order chi connectivity index (χ0) is 12.1. The Balaban J connectivity index is 4.34. The molecule has 0 aliphatic carbocycles. The van der Waals surface area contributed by atoms with Gasteiger partial charge in [-0.05, 0) is 39.9 Å². The van der Waals surface area contributed by atoms with Crippen molar-refractivity contribution in [2.75, 3.05) is 6.61 Å². The predicted octanol–water partition coefficient (Wildman–Crippen LogP) is 2.82. The van der Waals surface area contributed by atoms with Crippen molar-refractivity contribution in [3.8, 4) is 0 Å². The van der Waals surface area contributed by atoms with Gasteiger partial charge in [0.2, 0.25) is 0 Å². The number of carbonyl (C=O) groups excluding carboxylic acids is 1. The maximum atomic E-state index is 11.5. The first-order valence-corrected chi connectivity index (χ1v) is 9.07. The standard InChI is InChI=1S/C11H24O3Si/c1-7-10(14-15(4,5)6)9(3)11(12)13-8-2/h9-10H,7-8H2,1-6H3. The van der Waals surface area contributed by atoms with Crippen LogP contribution in [0.5, 0.6) is 0 Å². The SMILES string of the molecule is CCOC(=O)C(C)C(CC)O[Si](C)(C)C. The van der Waals surface area contributed by atoms with Crippen molar-refractivity contribution < 1.29 is 14.0 Å². The molecule has 0 aliphatic rings. The van der Waals surface area contributed by atoms with E-state index in [0.29, 0.717) is 6.61 Å². The Morgan fingerprint density at radius 3 is 2.13 bits per heavy atom. The van der Waals surface area contributed by atoms with Crippen LogP contribution >= 0.6 is 0 Å². The average molecular weight is 232 g/mol. The molecular weight excluding hydrogens is 208 g/mol. The fourth-order valence-electron chi connectivity index (χ4n) is 1.42. The fourth-order valence-corrected chi connectivity index (χ4v) is 2.70. The van der Waals surface area contributed by atoms with Gasteiger partial charge in [-0.15, -0.1) is 0 Å². The molecule has 90 valence electrons. The highest BCUT2D eigenvalue weighted by atomic mass is 28.4. The number of ether oxygens (including phenoxy) is 1. The fraction of sp³-hybridized carbons (Fsp3) is 0.909. The van der Waals surface area contributed by atoms with E-state index < -0.39 is 8.32 Å². The Labute approximate surface area is 94.3 Å². The Kier molecular flexibility index (Phi) is 6.13. The third-order valence-electron chi connectivity index (χ3n) is 2.12. The highest BCUT2D eigenvalue weighted by molar-refractivity contribution is 6.69. The van der Waals surface area contributed by atoms with Crippen LogP contribution in [0.4, 0.5) is 0 Å². The summed E-state index contributed by atoms with van der Waals surface area (Å²) in [5.41, 5.74) is 0. The molecule has 0 fully saturated rings. The van der Waals surface area contributed by atoms with Gasteiger partial charge in [0.25, 0.3) is 0 Å². The third kappa shape index (κ3) is 5.94. The van der Waals surface area contributed by atoms with E-state index in [4.69, 9.17) is 9.16 Å². The predicted molar refractivity (Wildman–Crippen MR) is 64.3 cm³/mol. The summed E-state index contributed by atoms with van der Waals surface area (Å²) in [6.45, 7) is 12.6. The molecule has 2 unspecified atom stereocenters. The maximum absolute atomic E-state index is 11.5. The lowest BCUT2D eigenvalue weighted by atomic mass is 10.0. The molecule has 0 aromatic carbocycles. The summed E-state index contributed by atoms with van der Waals surface area (Å²) < 4.78 is 11.0. The molecule has 0 saturated heterocycles. The van der Waals surface area contributed by atoms with Gasteiger partial charge in [0.05, 0.1) is 18.6 Å². The van der Waals surface area contributed by atoms with Crippen molar-refractivity contribution >= 4 is 14.3 Å². The van der Waals surface area contributed by atoms with Gasteiger partial charge in [-0.3, -0.25) is 4.79 Å². The van der Waals surface area contributed by atoms with Crippen LogP contribution < -0.4 is 0 Å². The van der Waals surface area contributed by atoms with Crippen LogP contribution in [-0.4, -0.2) is 27.0 Å². The summed E-state index contributed by atoms with van der Waals surface area (Å²) in [6, 6.07) is 0. The normalized spacial score (nSPS) is 15.9. The van der Waals surface area contributed by atoms with Crippen LogP contribution in [0.15, 0.2) is 0 Å². The quantitative estimate of drug-likeness (QED) is 0.522. The van der Waals surface area contributed by atoms with Crippen LogP contribution in [0.1, 0.15) is 27.2 Å². The van der Waals surface area contributed by atoms with E-state index in [1.54, 1.807) is 0 Å². The first-order valence-electron chi connectivity index (χ1n) is 5.66. The van der Waals surface area contributed by atoms with Crippen molar-refractivity contribution in [3.05, 3.63) is 0 Å². The van der Waals surface area contributed by atoms with Gasteiger partial charge in [-0.1, -0.05) is 6.92 Å². The second-order valence-electron chi connectivity index (χ2n) is 4.72. The van der Waals surface area contributed by atoms with Crippen LogP contribution in [0.2, 0.25) is 19.6 Å². The summed E-state index contributed by atoms with van der Waals surface area (Å²) >= 11 is 0. The van der Waals surface area contributed by atoms with Crippen LogP contribution in [-0.2, 0) is 14.0 Å². The molecule has 0 aromatic rings. The number of esters is 1. The van der Waals surface area contributed by atoms with Gasteiger partial charge in [-0.25, -0.2) is 0 Å². The van der Waals surface area contributed by atoms with E-state index in [1.807, 2.05) is 20.8 Å². The van der Waals surface area contributed by atoms with E-state index in [0.717, 1.165) is 6.42 Å². The second kappa shape index (κ2) is 6.28. The van der Waals surface area contributed by atoms with Gasteiger partial charge < -0.3 is 9.16 Å². The number of rotatable bonds is 6. The molecule has 4 heteroatoms. The topological polar surface area (TPSA) is 35.5 Å². The van der Waals surface area contributed by atoms with Gasteiger partial charge >= 0.3 is 5.97 Å². The first-order chi connectivity index (χ1) is 6.81. The molecule has 0 spiro atoms. The van der Waals surface area contributed by atoms with E-state index >= 15 is 0 Å². The summed E-state index contributed by atoms with van der Waals surface area (Å²) in [7, 11) is -1.58. The molecule has 2 atom stereocenters. The highest BCUT2D eigenvalue weighted by Gasteiger charge is 2.29. The zero-order valence-corrected chi connectivity index (χ0v) is 11.8. The van der Waals surface area contributed by atoms with Crippen LogP contribution in [0.25, 0.3) is 0 Å². The van der Waals surface area contributed by atoms with Crippen molar-refractivity contribution in [2.45, 2.75) is 52.9 Å². The maximum Gasteiger partial charge on any atom is 0.311 e. The highest BCUT2D eigenvalue weighted by Crippen LogP contribution is 2.18. The summed E-state index contributed by atoms with van der Waals surface area (Å²) in [5, 5.41) is 0. The average Bonchev–Trinajstić information content (AvgIpc) is 2.12. The second-order valence-corrected chi connectivity index (χ2v) is 9.18. The number of hydrogen-bond donors (Lipinski definition) is 0. The van der Waals surface area contributed by atoms with Crippen molar-refractivity contribution in [1.82, 2.24) is 0 Å². The lowest BCUT2D eigenvalue weighted by Gasteiger charge is -2.28. The number of carbonyl (C=O) groups is 1. The smallest absolute Gasteiger partial charge is 0.311 e. The minimum atomic E-state index is -1.58. The Hall–Kier alpha value is -0.353. The molecule has 0 rings (SSSR count). The lowest BCUT2D eigenvalue weighted by molar-refractivity contribution is -0.150. The molecule has 0 heterocycles. The number of hydrogen-bond acceptors (Lipinski definition) is 3. The van der Waals surface area contributed by atoms with Gasteiger partial charge in [0, 0.05) is 0 Å². The molecule has 0 radical (unpaired) electrons. The van der Waals surface area contributed by atoms with Crippen molar-refractivity contribution in [1.29, 1.82) is 0 Å². The zero-order valence-electron chi connectivity index (χ0n) is 10.8. The minimum Gasteiger partial charge on any atom is -0.466 e. The molecule has 3 nitrogen and oxygen atoms in total.